The van der Waals surface area contributed by atoms with Crippen molar-refractivity contribution in [2.24, 2.45) is 0 Å². The lowest BCUT2D eigenvalue weighted by molar-refractivity contribution is 0.0870. The maximum absolute atomic E-state index is 13.5. The van der Waals surface area contributed by atoms with E-state index in [2.05, 4.69) is 10.2 Å². The summed E-state index contributed by atoms with van der Waals surface area (Å²) in [6.07, 6.45) is 0. The second kappa shape index (κ2) is 6.83. The van der Waals surface area contributed by atoms with Crippen molar-refractivity contribution < 1.29 is 9.13 Å². The first-order chi connectivity index (χ1) is 8.75. The van der Waals surface area contributed by atoms with E-state index < -0.39 is 0 Å². The van der Waals surface area contributed by atoms with Crippen LogP contribution in [0.15, 0.2) is 18.2 Å². The summed E-state index contributed by atoms with van der Waals surface area (Å²) in [5.74, 6) is -0.169. The number of nitrogens with zero attached hydrogens (tertiary/aromatic N) is 1. The van der Waals surface area contributed by atoms with Gasteiger partial charge in [0.1, 0.15) is 5.82 Å². The van der Waals surface area contributed by atoms with Gasteiger partial charge < -0.3 is 10.1 Å². The Bertz CT molecular complexity index is 378. The fraction of sp³-hybridized carbons (Fsp3) is 0.571. The summed E-state index contributed by atoms with van der Waals surface area (Å²) in [6.45, 7) is 8.07. The maximum Gasteiger partial charge on any atom is 0.128 e. The molecule has 1 aromatic carbocycles. The third-order valence-corrected chi connectivity index (χ3v) is 3.23. The number of rotatable bonds is 5. The Kier molecular flexibility index (Phi) is 5.11. The number of halogens is 1. The van der Waals surface area contributed by atoms with E-state index in [1.807, 2.05) is 13.0 Å². The van der Waals surface area contributed by atoms with Crippen LogP contribution in [0.3, 0.4) is 0 Å². The largest absolute Gasteiger partial charge is 0.375 e. The van der Waals surface area contributed by atoms with Crippen molar-refractivity contribution in [3.63, 3.8) is 0 Å². The minimum absolute atomic E-state index is 0.169. The second-order valence-corrected chi connectivity index (χ2v) is 4.74. The molecule has 0 atom stereocenters. The van der Waals surface area contributed by atoms with Gasteiger partial charge in [-0.1, -0.05) is 12.1 Å². The summed E-state index contributed by atoms with van der Waals surface area (Å²) in [7, 11) is 0. The zero-order valence-electron chi connectivity index (χ0n) is 10.9. The summed E-state index contributed by atoms with van der Waals surface area (Å²) in [6, 6.07) is 5.27. The number of hydrogen-bond donors (Lipinski definition) is 1. The van der Waals surface area contributed by atoms with Crippen LogP contribution in [-0.2, 0) is 11.3 Å². The fourth-order valence-electron chi connectivity index (χ4n) is 2.08. The number of nitrogens with one attached hydrogen (secondary N) is 1. The molecule has 0 radical (unpaired) electrons. The first-order valence-corrected chi connectivity index (χ1v) is 6.51. The Morgan fingerprint density at radius 1 is 1.33 bits per heavy atom. The molecular formula is C14H21FN2O. The molecule has 0 bridgehead atoms. The van der Waals surface area contributed by atoms with E-state index in [0.717, 1.165) is 38.3 Å². The highest BCUT2D eigenvalue weighted by molar-refractivity contribution is 5.22. The van der Waals surface area contributed by atoms with E-state index in [4.69, 9.17) is 4.74 Å². The molecule has 0 amide bonds. The minimum Gasteiger partial charge on any atom is -0.375 e. The molecule has 4 heteroatoms. The number of benzene rings is 1. The van der Waals surface area contributed by atoms with Crippen molar-refractivity contribution in [2.75, 3.05) is 39.3 Å². The topological polar surface area (TPSA) is 24.5 Å². The van der Waals surface area contributed by atoms with Gasteiger partial charge in [0.25, 0.3) is 0 Å². The molecule has 1 aliphatic rings. The lowest BCUT2D eigenvalue weighted by Crippen LogP contribution is -2.44. The molecule has 1 N–H and O–H groups in total. The number of hydrogen-bond acceptors (Lipinski definition) is 3. The molecule has 18 heavy (non-hydrogen) atoms. The monoisotopic (exact) mass is 252 g/mol. The normalized spacial score (nSPS) is 17.0. The smallest absolute Gasteiger partial charge is 0.128 e. The number of ether oxygens (including phenoxy) is 1. The number of piperazine rings is 1. The molecule has 1 fully saturated rings. The molecular weight excluding hydrogens is 231 g/mol. The standard InChI is InChI=1S/C14H21FN2O/c1-12-2-3-13(14(15)10-12)11-18-9-8-17-6-4-16-5-7-17/h2-3,10,16H,4-9,11H2,1H3. The molecule has 100 valence electrons. The van der Waals surface area contributed by atoms with Crippen molar-refractivity contribution in [1.29, 1.82) is 0 Å². The van der Waals surface area contributed by atoms with Gasteiger partial charge in [-0.05, 0) is 18.6 Å². The van der Waals surface area contributed by atoms with Gasteiger partial charge in [0.2, 0.25) is 0 Å². The predicted molar refractivity (Wildman–Crippen MR) is 70.1 cm³/mol. The molecule has 1 aliphatic heterocycles. The van der Waals surface area contributed by atoms with E-state index in [1.165, 1.54) is 0 Å². The van der Waals surface area contributed by atoms with Crippen LogP contribution >= 0.6 is 0 Å². The zero-order valence-corrected chi connectivity index (χ0v) is 10.9. The van der Waals surface area contributed by atoms with Crippen molar-refractivity contribution in [3.05, 3.63) is 35.1 Å². The van der Waals surface area contributed by atoms with Crippen LogP contribution in [0, 0.1) is 12.7 Å². The van der Waals surface area contributed by atoms with Crippen molar-refractivity contribution in [3.8, 4) is 0 Å². The van der Waals surface area contributed by atoms with Crippen LogP contribution in [0.25, 0.3) is 0 Å². The molecule has 1 aromatic rings. The van der Waals surface area contributed by atoms with Crippen LogP contribution in [0.4, 0.5) is 4.39 Å². The van der Waals surface area contributed by atoms with Crippen LogP contribution in [-0.4, -0.2) is 44.2 Å². The van der Waals surface area contributed by atoms with Gasteiger partial charge in [0.15, 0.2) is 0 Å². The average Bonchev–Trinajstić information content (AvgIpc) is 2.38. The Balaban J connectivity index is 1.68. The zero-order chi connectivity index (χ0) is 12.8. The molecule has 0 saturated carbocycles. The van der Waals surface area contributed by atoms with Gasteiger partial charge in [0, 0.05) is 38.3 Å². The van der Waals surface area contributed by atoms with Gasteiger partial charge in [-0.2, -0.15) is 0 Å². The summed E-state index contributed by atoms with van der Waals surface area (Å²) in [5.41, 5.74) is 1.58. The highest BCUT2D eigenvalue weighted by Gasteiger charge is 2.09. The molecule has 0 unspecified atom stereocenters. The lowest BCUT2D eigenvalue weighted by atomic mass is 10.1. The summed E-state index contributed by atoms with van der Waals surface area (Å²) in [5, 5.41) is 3.31. The molecule has 1 heterocycles. The molecule has 1 saturated heterocycles. The first-order valence-electron chi connectivity index (χ1n) is 6.51. The third-order valence-electron chi connectivity index (χ3n) is 3.23. The molecule has 0 aromatic heterocycles. The minimum atomic E-state index is -0.169. The van der Waals surface area contributed by atoms with E-state index >= 15 is 0 Å². The van der Waals surface area contributed by atoms with Crippen LogP contribution in [0.1, 0.15) is 11.1 Å². The second-order valence-electron chi connectivity index (χ2n) is 4.74. The molecule has 0 aliphatic carbocycles. The van der Waals surface area contributed by atoms with Crippen molar-refractivity contribution in [2.45, 2.75) is 13.5 Å². The lowest BCUT2D eigenvalue weighted by Gasteiger charge is -2.26. The Hall–Kier alpha value is -0.970. The van der Waals surface area contributed by atoms with Gasteiger partial charge in [0.05, 0.1) is 13.2 Å². The summed E-state index contributed by atoms with van der Waals surface area (Å²) < 4.78 is 19.1. The third kappa shape index (κ3) is 4.05. The molecule has 2 rings (SSSR count). The summed E-state index contributed by atoms with van der Waals surface area (Å²) in [4.78, 5) is 2.36. The van der Waals surface area contributed by atoms with Crippen molar-refractivity contribution >= 4 is 0 Å². The average molecular weight is 252 g/mol. The number of aryl methyl sites for hydroxylation is 1. The predicted octanol–water partition coefficient (Wildman–Crippen LogP) is 1.56. The summed E-state index contributed by atoms with van der Waals surface area (Å²) >= 11 is 0. The first kappa shape index (κ1) is 13.5. The molecule has 3 nitrogen and oxygen atoms in total. The van der Waals surface area contributed by atoms with Crippen LogP contribution < -0.4 is 5.32 Å². The van der Waals surface area contributed by atoms with E-state index in [0.29, 0.717) is 18.8 Å². The Labute approximate surface area is 108 Å². The van der Waals surface area contributed by atoms with E-state index in [1.54, 1.807) is 12.1 Å². The molecule has 0 spiro atoms. The van der Waals surface area contributed by atoms with Gasteiger partial charge >= 0.3 is 0 Å². The Morgan fingerprint density at radius 3 is 2.83 bits per heavy atom. The SMILES string of the molecule is Cc1ccc(COCCN2CCNCC2)c(F)c1. The van der Waals surface area contributed by atoms with Gasteiger partial charge in [-0.15, -0.1) is 0 Å². The van der Waals surface area contributed by atoms with E-state index in [-0.39, 0.29) is 5.82 Å². The maximum atomic E-state index is 13.5. The van der Waals surface area contributed by atoms with Crippen LogP contribution in [0.5, 0.6) is 0 Å². The van der Waals surface area contributed by atoms with Crippen molar-refractivity contribution in [1.82, 2.24) is 10.2 Å². The highest BCUT2D eigenvalue weighted by Crippen LogP contribution is 2.10. The quantitative estimate of drug-likeness (QED) is 0.805. The van der Waals surface area contributed by atoms with Crippen LogP contribution in [0.2, 0.25) is 0 Å². The van der Waals surface area contributed by atoms with Gasteiger partial charge in [-0.25, -0.2) is 4.39 Å². The fourth-order valence-corrected chi connectivity index (χ4v) is 2.08. The Morgan fingerprint density at radius 2 is 2.11 bits per heavy atom. The van der Waals surface area contributed by atoms with Gasteiger partial charge in [-0.3, -0.25) is 4.90 Å². The van der Waals surface area contributed by atoms with E-state index in [9.17, 15) is 4.39 Å². The highest BCUT2D eigenvalue weighted by atomic mass is 19.1.